The van der Waals surface area contributed by atoms with Crippen LogP contribution in [0.1, 0.15) is 29.6 Å². The Balaban J connectivity index is 2.05. The van der Waals surface area contributed by atoms with E-state index in [1.165, 1.54) is 12.6 Å². The fraction of sp³-hybridized carbons (Fsp3) is 0.312. The molecule has 0 atom stereocenters. The van der Waals surface area contributed by atoms with Crippen LogP contribution in [-0.2, 0) is 0 Å². The van der Waals surface area contributed by atoms with Crippen molar-refractivity contribution in [3.8, 4) is 11.4 Å². The first kappa shape index (κ1) is 15.7. The fourth-order valence-corrected chi connectivity index (χ4v) is 2.91. The monoisotopic (exact) mass is 331 g/mol. The fourth-order valence-electron chi connectivity index (χ4n) is 2.72. The molecule has 1 amide bonds. The van der Waals surface area contributed by atoms with Gasteiger partial charge in [0, 0.05) is 29.9 Å². The second-order valence-corrected chi connectivity index (χ2v) is 5.90. The first-order valence-corrected chi connectivity index (χ1v) is 7.95. The molecule has 7 heteroatoms. The van der Waals surface area contributed by atoms with Gasteiger partial charge in [-0.05, 0) is 31.4 Å². The van der Waals surface area contributed by atoms with E-state index in [2.05, 4.69) is 20.3 Å². The zero-order chi connectivity index (χ0) is 16.2. The van der Waals surface area contributed by atoms with E-state index in [9.17, 15) is 4.79 Å². The third-order valence-electron chi connectivity index (χ3n) is 3.88. The molecule has 0 aliphatic carbocycles. The van der Waals surface area contributed by atoms with E-state index < -0.39 is 0 Å². The summed E-state index contributed by atoms with van der Waals surface area (Å²) in [5.41, 5.74) is 3.37. The summed E-state index contributed by atoms with van der Waals surface area (Å²) in [4.78, 5) is 23.0. The summed E-state index contributed by atoms with van der Waals surface area (Å²) in [5, 5.41) is 0.620. The molecule has 0 spiro atoms. The van der Waals surface area contributed by atoms with Crippen LogP contribution in [0.25, 0.3) is 11.4 Å². The number of nitrogen functional groups attached to an aromatic ring is 1. The molecule has 3 rings (SSSR count). The number of piperidine rings is 1. The maximum absolute atomic E-state index is 12.0. The number of rotatable bonds is 3. The lowest BCUT2D eigenvalue weighted by Gasteiger charge is -2.29. The number of amides is 1. The molecule has 1 aliphatic rings. The molecule has 1 aromatic heterocycles. The molecular weight excluding hydrogens is 314 g/mol. The highest BCUT2D eigenvalue weighted by Crippen LogP contribution is 2.26. The van der Waals surface area contributed by atoms with Crippen molar-refractivity contribution >= 4 is 23.3 Å². The summed E-state index contributed by atoms with van der Waals surface area (Å²) in [7, 11) is 0. The predicted molar refractivity (Wildman–Crippen MR) is 90.2 cm³/mol. The summed E-state index contributed by atoms with van der Waals surface area (Å²) in [6, 6.07) is 7.35. The minimum atomic E-state index is -0.386. The standard InChI is InChI=1S/C16H18ClN5O/c17-12-6-4-5-11(9-12)14-19-10-13(16(23)21-18)15(20-14)22-7-2-1-3-8-22/h4-6,9-10H,1-3,7-8,18H2,(H,21,23). The molecule has 6 nitrogen and oxygen atoms in total. The van der Waals surface area contributed by atoms with Crippen molar-refractivity contribution in [1.29, 1.82) is 0 Å². The van der Waals surface area contributed by atoms with Crippen molar-refractivity contribution in [3.63, 3.8) is 0 Å². The molecule has 0 saturated carbocycles. The molecule has 0 radical (unpaired) electrons. The molecule has 1 fully saturated rings. The minimum Gasteiger partial charge on any atom is -0.356 e. The molecule has 1 aliphatic heterocycles. The van der Waals surface area contributed by atoms with Gasteiger partial charge in [0.15, 0.2) is 5.82 Å². The van der Waals surface area contributed by atoms with E-state index in [0.29, 0.717) is 22.2 Å². The number of carbonyl (C=O) groups excluding carboxylic acids is 1. The van der Waals surface area contributed by atoms with E-state index >= 15 is 0 Å². The Kier molecular flexibility index (Phi) is 4.73. The number of hydrazine groups is 1. The Morgan fingerprint density at radius 2 is 2.04 bits per heavy atom. The second-order valence-electron chi connectivity index (χ2n) is 5.46. The Bertz CT molecular complexity index is 715. The molecule has 3 N–H and O–H groups in total. The smallest absolute Gasteiger partial charge is 0.270 e. The van der Waals surface area contributed by atoms with Crippen molar-refractivity contribution < 1.29 is 4.79 Å². The number of carbonyl (C=O) groups is 1. The van der Waals surface area contributed by atoms with Gasteiger partial charge in [0.25, 0.3) is 5.91 Å². The Labute approximate surface area is 139 Å². The van der Waals surface area contributed by atoms with Gasteiger partial charge in [0.05, 0.1) is 0 Å². The molecule has 2 heterocycles. The predicted octanol–water partition coefficient (Wildman–Crippen LogP) is 2.39. The van der Waals surface area contributed by atoms with E-state index in [1.807, 2.05) is 12.1 Å². The van der Waals surface area contributed by atoms with Crippen molar-refractivity contribution in [1.82, 2.24) is 15.4 Å². The Hall–Kier alpha value is -2.18. The molecule has 1 saturated heterocycles. The zero-order valence-corrected chi connectivity index (χ0v) is 13.4. The van der Waals surface area contributed by atoms with Gasteiger partial charge < -0.3 is 4.90 Å². The highest BCUT2D eigenvalue weighted by Gasteiger charge is 2.21. The Morgan fingerprint density at radius 3 is 2.74 bits per heavy atom. The number of nitrogens with one attached hydrogen (secondary N) is 1. The summed E-state index contributed by atoms with van der Waals surface area (Å²) in [6.07, 6.45) is 4.89. The number of halogens is 1. The molecule has 2 aromatic rings. The number of aromatic nitrogens is 2. The SMILES string of the molecule is NNC(=O)c1cnc(-c2cccc(Cl)c2)nc1N1CCCCC1. The van der Waals surface area contributed by atoms with Gasteiger partial charge in [-0.1, -0.05) is 23.7 Å². The first-order valence-electron chi connectivity index (χ1n) is 7.58. The molecular formula is C16H18ClN5O. The number of nitrogens with two attached hydrogens (primary N) is 1. The van der Waals surface area contributed by atoms with Crippen LogP contribution in [0.4, 0.5) is 5.82 Å². The summed E-state index contributed by atoms with van der Waals surface area (Å²) in [5.74, 6) is 6.06. The molecule has 0 bridgehead atoms. The van der Waals surface area contributed by atoms with Gasteiger partial charge in [-0.25, -0.2) is 15.8 Å². The van der Waals surface area contributed by atoms with Crippen molar-refractivity contribution in [2.45, 2.75) is 19.3 Å². The number of hydrogen-bond acceptors (Lipinski definition) is 5. The average Bonchev–Trinajstić information content (AvgIpc) is 2.61. The van der Waals surface area contributed by atoms with Gasteiger partial charge in [-0.3, -0.25) is 10.2 Å². The van der Waals surface area contributed by atoms with E-state index in [4.69, 9.17) is 17.4 Å². The van der Waals surface area contributed by atoms with Crippen molar-refractivity contribution in [3.05, 3.63) is 41.0 Å². The maximum Gasteiger partial charge on any atom is 0.270 e. The molecule has 0 unspecified atom stereocenters. The van der Waals surface area contributed by atoms with Crippen molar-refractivity contribution in [2.24, 2.45) is 5.84 Å². The summed E-state index contributed by atoms with van der Waals surface area (Å²) >= 11 is 6.04. The van der Waals surface area contributed by atoms with Gasteiger partial charge >= 0.3 is 0 Å². The molecule has 120 valence electrons. The van der Waals surface area contributed by atoms with Gasteiger partial charge in [0.1, 0.15) is 11.4 Å². The number of hydrogen-bond donors (Lipinski definition) is 2. The van der Waals surface area contributed by atoms with E-state index in [-0.39, 0.29) is 5.91 Å². The van der Waals surface area contributed by atoms with Crippen LogP contribution in [-0.4, -0.2) is 29.0 Å². The largest absolute Gasteiger partial charge is 0.356 e. The third-order valence-corrected chi connectivity index (χ3v) is 4.12. The zero-order valence-electron chi connectivity index (χ0n) is 12.6. The van der Waals surface area contributed by atoms with Crippen LogP contribution in [0.5, 0.6) is 0 Å². The van der Waals surface area contributed by atoms with Crippen LogP contribution in [0, 0.1) is 0 Å². The third kappa shape index (κ3) is 3.43. The maximum atomic E-state index is 12.0. The van der Waals surface area contributed by atoms with Crippen LogP contribution in [0.3, 0.4) is 0 Å². The highest BCUT2D eigenvalue weighted by molar-refractivity contribution is 6.30. The van der Waals surface area contributed by atoms with E-state index in [0.717, 1.165) is 31.5 Å². The number of benzene rings is 1. The van der Waals surface area contributed by atoms with Crippen molar-refractivity contribution in [2.75, 3.05) is 18.0 Å². The summed E-state index contributed by atoms with van der Waals surface area (Å²) in [6.45, 7) is 1.74. The van der Waals surface area contributed by atoms with Crippen LogP contribution in [0.15, 0.2) is 30.5 Å². The summed E-state index contributed by atoms with van der Waals surface area (Å²) < 4.78 is 0. The second kappa shape index (κ2) is 6.93. The van der Waals surface area contributed by atoms with E-state index in [1.54, 1.807) is 12.1 Å². The number of nitrogens with zero attached hydrogens (tertiary/aromatic N) is 3. The normalized spacial score (nSPS) is 14.6. The Morgan fingerprint density at radius 1 is 1.26 bits per heavy atom. The van der Waals surface area contributed by atoms with Crippen LogP contribution in [0.2, 0.25) is 5.02 Å². The lowest BCUT2D eigenvalue weighted by Crippen LogP contribution is -2.35. The van der Waals surface area contributed by atoms with Crippen LogP contribution >= 0.6 is 11.6 Å². The lowest BCUT2D eigenvalue weighted by atomic mass is 10.1. The molecule has 1 aromatic carbocycles. The first-order chi connectivity index (χ1) is 11.2. The topological polar surface area (TPSA) is 84.1 Å². The average molecular weight is 332 g/mol. The minimum absolute atomic E-state index is 0.386. The number of anilines is 1. The van der Waals surface area contributed by atoms with Gasteiger partial charge in [0.2, 0.25) is 0 Å². The van der Waals surface area contributed by atoms with Gasteiger partial charge in [-0.15, -0.1) is 0 Å². The molecule has 23 heavy (non-hydrogen) atoms. The quantitative estimate of drug-likeness (QED) is 0.512. The van der Waals surface area contributed by atoms with Crippen LogP contribution < -0.4 is 16.2 Å². The van der Waals surface area contributed by atoms with Gasteiger partial charge in [-0.2, -0.15) is 0 Å². The highest BCUT2D eigenvalue weighted by atomic mass is 35.5. The lowest BCUT2D eigenvalue weighted by molar-refractivity contribution is 0.0953.